The third-order valence-corrected chi connectivity index (χ3v) is 3.38. The molecule has 0 saturated heterocycles. The third-order valence-electron chi connectivity index (χ3n) is 2.77. The molecule has 2 aromatic rings. The second-order valence-electron chi connectivity index (χ2n) is 4.33. The van der Waals surface area contributed by atoms with Crippen molar-refractivity contribution in [2.45, 2.75) is 26.4 Å². The van der Waals surface area contributed by atoms with Gasteiger partial charge in [0.1, 0.15) is 5.82 Å². The molecule has 1 unspecified atom stereocenters. The molecule has 1 heterocycles. The number of halogens is 3. The first-order valence-corrected chi connectivity index (χ1v) is 6.53. The fourth-order valence-corrected chi connectivity index (χ4v) is 2.28. The van der Waals surface area contributed by atoms with E-state index in [2.05, 4.69) is 10.5 Å². The van der Waals surface area contributed by atoms with E-state index < -0.39 is 5.82 Å². The van der Waals surface area contributed by atoms with Gasteiger partial charge < -0.3 is 9.84 Å². The van der Waals surface area contributed by atoms with E-state index in [1.165, 1.54) is 12.1 Å². The van der Waals surface area contributed by atoms with Gasteiger partial charge in [0.25, 0.3) is 0 Å². The van der Waals surface area contributed by atoms with Crippen LogP contribution in [-0.4, -0.2) is 5.16 Å². The van der Waals surface area contributed by atoms with Gasteiger partial charge in [-0.05, 0) is 31.5 Å². The van der Waals surface area contributed by atoms with Crippen LogP contribution in [0.3, 0.4) is 0 Å². The minimum atomic E-state index is -0.481. The first-order chi connectivity index (χ1) is 8.97. The van der Waals surface area contributed by atoms with Crippen LogP contribution in [0, 0.1) is 12.7 Å². The van der Waals surface area contributed by atoms with E-state index in [1.807, 2.05) is 19.9 Å². The Hall–Kier alpha value is -1.10. The molecule has 0 fully saturated rings. The summed E-state index contributed by atoms with van der Waals surface area (Å²) >= 11 is 11.7. The van der Waals surface area contributed by atoms with E-state index >= 15 is 0 Å². The topological polar surface area (TPSA) is 38.1 Å². The Balaban J connectivity index is 2.07. The van der Waals surface area contributed by atoms with Crippen molar-refractivity contribution >= 4 is 23.2 Å². The summed E-state index contributed by atoms with van der Waals surface area (Å²) in [4.78, 5) is 0. The first-order valence-electron chi connectivity index (χ1n) is 5.77. The molecule has 3 nitrogen and oxygen atoms in total. The number of rotatable bonds is 4. The van der Waals surface area contributed by atoms with Crippen molar-refractivity contribution in [3.63, 3.8) is 0 Å². The Kier molecular flexibility index (Phi) is 4.45. The maximum atomic E-state index is 13.4. The van der Waals surface area contributed by atoms with E-state index in [-0.39, 0.29) is 11.1 Å². The van der Waals surface area contributed by atoms with Gasteiger partial charge in [-0.2, -0.15) is 0 Å². The van der Waals surface area contributed by atoms with E-state index in [1.54, 1.807) is 0 Å². The van der Waals surface area contributed by atoms with Crippen molar-refractivity contribution < 1.29 is 8.91 Å². The Bertz CT molecular complexity index is 586. The third kappa shape index (κ3) is 3.47. The molecule has 0 radical (unpaired) electrons. The summed E-state index contributed by atoms with van der Waals surface area (Å²) < 4.78 is 18.5. The number of benzene rings is 1. The lowest BCUT2D eigenvalue weighted by molar-refractivity contribution is 0.363. The molecular formula is C13H13Cl2FN2O. The fourth-order valence-electron chi connectivity index (χ4n) is 1.73. The molecule has 0 bridgehead atoms. The van der Waals surface area contributed by atoms with E-state index in [4.69, 9.17) is 27.7 Å². The highest BCUT2D eigenvalue weighted by Gasteiger charge is 2.13. The Morgan fingerprint density at radius 3 is 2.68 bits per heavy atom. The molecule has 1 atom stereocenters. The van der Waals surface area contributed by atoms with Gasteiger partial charge in [0, 0.05) is 17.1 Å². The zero-order chi connectivity index (χ0) is 14.0. The summed E-state index contributed by atoms with van der Waals surface area (Å²) in [5, 5.41) is 7.43. The van der Waals surface area contributed by atoms with Gasteiger partial charge in [0.05, 0.1) is 17.3 Å². The molecule has 1 aromatic heterocycles. The predicted octanol–water partition coefficient (Wildman–Crippen LogP) is 4.28. The average Bonchev–Trinajstić information content (AvgIpc) is 2.77. The van der Waals surface area contributed by atoms with Gasteiger partial charge in [-0.1, -0.05) is 28.4 Å². The Labute approximate surface area is 120 Å². The van der Waals surface area contributed by atoms with Gasteiger partial charge in [-0.15, -0.1) is 0 Å². The van der Waals surface area contributed by atoms with Crippen LogP contribution in [0.5, 0.6) is 0 Å². The normalized spacial score (nSPS) is 12.7. The molecule has 6 heteroatoms. The highest BCUT2D eigenvalue weighted by molar-refractivity contribution is 6.35. The minimum Gasteiger partial charge on any atom is -0.360 e. The molecule has 1 N–H and O–H groups in total. The zero-order valence-corrected chi connectivity index (χ0v) is 12.0. The summed E-state index contributed by atoms with van der Waals surface area (Å²) in [5.74, 6) is 0.236. The maximum absolute atomic E-state index is 13.4. The van der Waals surface area contributed by atoms with Gasteiger partial charge in [0.2, 0.25) is 0 Å². The number of nitrogens with one attached hydrogen (secondary N) is 1. The predicted molar refractivity (Wildman–Crippen MR) is 72.9 cm³/mol. The lowest BCUT2D eigenvalue weighted by Gasteiger charge is -2.15. The van der Waals surface area contributed by atoms with E-state index in [0.717, 1.165) is 11.5 Å². The van der Waals surface area contributed by atoms with Crippen LogP contribution >= 0.6 is 23.2 Å². The van der Waals surface area contributed by atoms with Crippen molar-refractivity contribution in [1.29, 1.82) is 0 Å². The summed E-state index contributed by atoms with van der Waals surface area (Å²) in [6, 6.07) is 4.45. The summed E-state index contributed by atoms with van der Waals surface area (Å²) in [7, 11) is 0. The summed E-state index contributed by atoms with van der Waals surface area (Å²) in [6.07, 6.45) is 0. The molecule has 0 spiro atoms. The van der Waals surface area contributed by atoms with Crippen molar-refractivity contribution in [2.24, 2.45) is 0 Å². The van der Waals surface area contributed by atoms with E-state index in [0.29, 0.717) is 17.1 Å². The van der Waals surface area contributed by atoms with Crippen molar-refractivity contribution in [3.8, 4) is 0 Å². The van der Waals surface area contributed by atoms with Crippen LogP contribution in [0.4, 0.5) is 4.39 Å². The maximum Gasteiger partial charge on any atom is 0.150 e. The largest absolute Gasteiger partial charge is 0.360 e. The Morgan fingerprint density at radius 1 is 1.32 bits per heavy atom. The van der Waals surface area contributed by atoms with Gasteiger partial charge in [-0.25, -0.2) is 4.39 Å². The number of hydrogen-bond acceptors (Lipinski definition) is 3. The van der Waals surface area contributed by atoms with Gasteiger partial charge in [0.15, 0.2) is 5.76 Å². The van der Waals surface area contributed by atoms with Crippen LogP contribution in [-0.2, 0) is 6.54 Å². The minimum absolute atomic E-state index is 0.0202. The molecule has 102 valence electrons. The monoisotopic (exact) mass is 302 g/mol. The second-order valence-corrected chi connectivity index (χ2v) is 5.14. The number of nitrogens with zero attached hydrogens (tertiary/aromatic N) is 1. The molecule has 0 amide bonds. The molecule has 0 saturated carbocycles. The highest BCUT2D eigenvalue weighted by atomic mass is 35.5. The quantitative estimate of drug-likeness (QED) is 0.857. The molecular weight excluding hydrogens is 290 g/mol. The van der Waals surface area contributed by atoms with Gasteiger partial charge in [-0.3, -0.25) is 0 Å². The number of aryl methyl sites for hydroxylation is 1. The van der Waals surface area contributed by atoms with Crippen LogP contribution in [0.2, 0.25) is 10.0 Å². The van der Waals surface area contributed by atoms with Gasteiger partial charge >= 0.3 is 0 Å². The van der Waals surface area contributed by atoms with Crippen LogP contribution in [0.15, 0.2) is 22.7 Å². The summed E-state index contributed by atoms with van der Waals surface area (Å²) in [5.41, 5.74) is 1.47. The fraction of sp³-hybridized carbons (Fsp3) is 0.308. The SMILES string of the molecule is Cc1cc(CNC(C)c2cc(F)c(Cl)cc2Cl)on1. The molecule has 19 heavy (non-hydrogen) atoms. The van der Waals surface area contributed by atoms with Crippen LogP contribution < -0.4 is 5.32 Å². The highest BCUT2D eigenvalue weighted by Crippen LogP contribution is 2.28. The molecule has 1 aromatic carbocycles. The molecule has 0 aliphatic heterocycles. The second kappa shape index (κ2) is 5.90. The average molecular weight is 303 g/mol. The lowest BCUT2D eigenvalue weighted by Crippen LogP contribution is -2.18. The van der Waals surface area contributed by atoms with Crippen LogP contribution in [0.1, 0.15) is 30.0 Å². The zero-order valence-electron chi connectivity index (χ0n) is 10.5. The lowest BCUT2D eigenvalue weighted by atomic mass is 10.1. The number of hydrogen-bond donors (Lipinski definition) is 1. The van der Waals surface area contributed by atoms with Crippen molar-refractivity contribution in [3.05, 3.63) is 51.1 Å². The number of aromatic nitrogens is 1. The molecule has 0 aliphatic rings. The van der Waals surface area contributed by atoms with Crippen molar-refractivity contribution in [1.82, 2.24) is 10.5 Å². The van der Waals surface area contributed by atoms with E-state index in [9.17, 15) is 4.39 Å². The standard InChI is InChI=1S/C13H13Cl2FN2O/c1-7-3-9(19-18-7)6-17-8(2)10-4-13(16)12(15)5-11(10)14/h3-5,8,17H,6H2,1-2H3. The van der Waals surface area contributed by atoms with Crippen molar-refractivity contribution in [2.75, 3.05) is 0 Å². The smallest absolute Gasteiger partial charge is 0.150 e. The molecule has 2 rings (SSSR count). The molecule has 0 aliphatic carbocycles. The first kappa shape index (κ1) is 14.3. The van der Waals surface area contributed by atoms with Crippen LogP contribution in [0.25, 0.3) is 0 Å². The Morgan fingerprint density at radius 2 is 2.05 bits per heavy atom. The summed E-state index contributed by atoms with van der Waals surface area (Å²) in [6.45, 7) is 4.22.